The van der Waals surface area contributed by atoms with Crippen LogP contribution in [0.2, 0.25) is 0 Å². The van der Waals surface area contributed by atoms with Crippen molar-refractivity contribution in [2.24, 2.45) is 0 Å². The molecule has 0 radical (unpaired) electrons. The van der Waals surface area contributed by atoms with E-state index >= 15 is 0 Å². The van der Waals surface area contributed by atoms with Crippen molar-refractivity contribution in [1.82, 2.24) is 0 Å². The summed E-state index contributed by atoms with van der Waals surface area (Å²) in [5.41, 5.74) is 1.21. The lowest BCUT2D eigenvalue weighted by Gasteiger charge is -1.87. The van der Waals surface area contributed by atoms with Crippen LogP contribution in [-0.4, -0.2) is 7.11 Å². The maximum atomic E-state index is 5.03. The lowest BCUT2D eigenvalue weighted by atomic mass is 10.3. The normalized spacial score (nSPS) is 10.6. The molecule has 0 atom stereocenters. The molecule has 1 rings (SSSR count). The van der Waals surface area contributed by atoms with Gasteiger partial charge in [-0.2, -0.15) is 0 Å². The van der Waals surface area contributed by atoms with Gasteiger partial charge < -0.3 is 4.74 Å². The largest absolute Gasteiger partial charge is 0.487 e. The molecule has 2 heteroatoms. The summed E-state index contributed by atoms with van der Waals surface area (Å²) in [4.78, 5) is 0. The summed E-state index contributed by atoms with van der Waals surface area (Å²) in [6, 6.07) is 2.02. The van der Waals surface area contributed by atoms with Crippen molar-refractivity contribution in [1.29, 1.82) is 0 Å². The number of ether oxygens (including phenoxy) is 1. The first-order valence-corrected chi connectivity index (χ1v) is 4.00. The average Bonchev–Trinajstić information content (AvgIpc) is 2.37. The smallest absolute Gasteiger partial charge is 0.173 e. The Kier molecular flexibility index (Phi) is 2.51. The molecule has 0 spiro atoms. The highest BCUT2D eigenvalue weighted by Gasteiger charge is 1.93. The Labute approximate surface area is 65.0 Å². The molecule has 1 nitrogen and oxygen atoms in total. The van der Waals surface area contributed by atoms with Crippen LogP contribution < -0.4 is 4.74 Å². The topological polar surface area (TPSA) is 9.23 Å². The molecule has 0 aliphatic heterocycles. The lowest BCUT2D eigenvalue weighted by molar-refractivity contribution is 0.427. The SMILES string of the molecule is C/C=C/c1csc(OC)c1. The van der Waals surface area contributed by atoms with Gasteiger partial charge in [0, 0.05) is 5.38 Å². The van der Waals surface area contributed by atoms with Gasteiger partial charge in [0.05, 0.1) is 7.11 Å². The highest BCUT2D eigenvalue weighted by Crippen LogP contribution is 2.22. The number of hydrogen-bond donors (Lipinski definition) is 0. The summed E-state index contributed by atoms with van der Waals surface area (Å²) in [5, 5.41) is 3.03. The van der Waals surface area contributed by atoms with Crippen molar-refractivity contribution >= 4 is 17.4 Å². The molecule has 10 heavy (non-hydrogen) atoms. The summed E-state index contributed by atoms with van der Waals surface area (Å²) < 4.78 is 5.03. The van der Waals surface area contributed by atoms with E-state index in [0.29, 0.717) is 0 Å². The molecule has 0 unspecified atom stereocenters. The quantitative estimate of drug-likeness (QED) is 0.636. The monoisotopic (exact) mass is 154 g/mol. The molecule has 0 N–H and O–H groups in total. The molecular formula is C8H10OS. The van der Waals surface area contributed by atoms with Crippen molar-refractivity contribution < 1.29 is 4.74 Å². The maximum absolute atomic E-state index is 5.03. The summed E-state index contributed by atoms with van der Waals surface area (Å²) >= 11 is 1.62. The van der Waals surface area contributed by atoms with E-state index in [1.54, 1.807) is 18.4 Å². The van der Waals surface area contributed by atoms with Gasteiger partial charge in [-0.15, -0.1) is 11.3 Å². The number of methoxy groups -OCH3 is 1. The Morgan fingerprint density at radius 3 is 2.90 bits per heavy atom. The predicted octanol–water partition coefficient (Wildman–Crippen LogP) is 2.79. The highest BCUT2D eigenvalue weighted by atomic mass is 32.1. The lowest BCUT2D eigenvalue weighted by Crippen LogP contribution is -1.73. The van der Waals surface area contributed by atoms with Crippen LogP contribution in [0, 0.1) is 0 Å². The van der Waals surface area contributed by atoms with Crippen LogP contribution in [0.3, 0.4) is 0 Å². The molecule has 0 aromatic carbocycles. The predicted molar refractivity (Wildman–Crippen MR) is 45.6 cm³/mol. The second-order valence-corrected chi connectivity index (χ2v) is 2.78. The summed E-state index contributed by atoms with van der Waals surface area (Å²) in [5.74, 6) is 0. The zero-order chi connectivity index (χ0) is 7.40. The van der Waals surface area contributed by atoms with Gasteiger partial charge in [0.2, 0.25) is 0 Å². The second kappa shape index (κ2) is 3.42. The molecule has 54 valence electrons. The molecule has 1 aromatic rings. The third-order valence-electron chi connectivity index (χ3n) is 1.16. The Bertz CT molecular complexity index is 225. The molecule has 0 saturated carbocycles. The Morgan fingerprint density at radius 1 is 1.60 bits per heavy atom. The summed E-state index contributed by atoms with van der Waals surface area (Å²) in [7, 11) is 1.69. The molecule has 0 fully saturated rings. The molecule has 0 bridgehead atoms. The van der Waals surface area contributed by atoms with Gasteiger partial charge in [0.15, 0.2) is 5.06 Å². The van der Waals surface area contributed by atoms with Gasteiger partial charge in [-0.05, 0) is 18.6 Å². The first-order valence-electron chi connectivity index (χ1n) is 3.12. The fourth-order valence-corrected chi connectivity index (χ4v) is 1.42. The van der Waals surface area contributed by atoms with Crippen LogP contribution in [0.25, 0.3) is 6.08 Å². The first-order chi connectivity index (χ1) is 4.86. The minimum absolute atomic E-state index is 0.966. The Morgan fingerprint density at radius 2 is 2.40 bits per heavy atom. The molecule has 0 amide bonds. The fourth-order valence-electron chi connectivity index (χ4n) is 0.717. The van der Waals surface area contributed by atoms with Crippen LogP contribution in [0.4, 0.5) is 0 Å². The standard InChI is InChI=1S/C8H10OS/c1-3-4-7-5-8(9-2)10-6-7/h3-6H,1-2H3/b4-3+. The minimum Gasteiger partial charge on any atom is -0.487 e. The van der Waals surface area contributed by atoms with E-state index in [2.05, 4.69) is 11.5 Å². The van der Waals surface area contributed by atoms with Crippen LogP contribution in [0.15, 0.2) is 17.5 Å². The molecule has 1 aromatic heterocycles. The minimum atomic E-state index is 0.966. The fraction of sp³-hybridized carbons (Fsp3) is 0.250. The zero-order valence-electron chi connectivity index (χ0n) is 6.13. The van der Waals surface area contributed by atoms with E-state index in [1.807, 2.05) is 19.1 Å². The van der Waals surface area contributed by atoms with Gasteiger partial charge in [0.25, 0.3) is 0 Å². The van der Waals surface area contributed by atoms with Crippen molar-refractivity contribution in [2.45, 2.75) is 6.92 Å². The van der Waals surface area contributed by atoms with Crippen molar-refractivity contribution in [3.05, 3.63) is 23.1 Å². The third-order valence-corrected chi connectivity index (χ3v) is 2.06. The molecular weight excluding hydrogens is 144 g/mol. The van der Waals surface area contributed by atoms with Crippen LogP contribution in [0.1, 0.15) is 12.5 Å². The zero-order valence-corrected chi connectivity index (χ0v) is 6.94. The number of allylic oxidation sites excluding steroid dienone is 1. The van der Waals surface area contributed by atoms with Crippen LogP contribution in [-0.2, 0) is 0 Å². The molecule has 0 aliphatic rings. The van der Waals surface area contributed by atoms with E-state index in [1.165, 1.54) is 5.56 Å². The van der Waals surface area contributed by atoms with E-state index in [9.17, 15) is 0 Å². The Hall–Kier alpha value is -0.760. The average molecular weight is 154 g/mol. The summed E-state index contributed by atoms with van der Waals surface area (Å²) in [6.45, 7) is 2.00. The van der Waals surface area contributed by atoms with E-state index < -0.39 is 0 Å². The number of hydrogen-bond acceptors (Lipinski definition) is 2. The molecule has 1 heterocycles. The number of rotatable bonds is 2. The van der Waals surface area contributed by atoms with Crippen molar-refractivity contribution in [3.8, 4) is 5.06 Å². The van der Waals surface area contributed by atoms with Crippen molar-refractivity contribution in [3.63, 3.8) is 0 Å². The van der Waals surface area contributed by atoms with E-state index in [4.69, 9.17) is 4.74 Å². The molecule has 0 saturated heterocycles. The number of thiophene rings is 1. The molecule has 0 aliphatic carbocycles. The Balaban J connectivity index is 2.78. The van der Waals surface area contributed by atoms with Crippen LogP contribution in [0.5, 0.6) is 5.06 Å². The van der Waals surface area contributed by atoms with Gasteiger partial charge in [-0.1, -0.05) is 12.2 Å². The first kappa shape index (κ1) is 7.35. The van der Waals surface area contributed by atoms with Gasteiger partial charge >= 0.3 is 0 Å². The van der Waals surface area contributed by atoms with Crippen molar-refractivity contribution in [2.75, 3.05) is 7.11 Å². The van der Waals surface area contributed by atoms with Crippen LogP contribution >= 0.6 is 11.3 Å². The maximum Gasteiger partial charge on any atom is 0.173 e. The summed E-state index contributed by atoms with van der Waals surface area (Å²) in [6.07, 6.45) is 4.07. The van der Waals surface area contributed by atoms with Gasteiger partial charge in [-0.25, -0.2) is 0 Å². The van der Waals surface area contributed by atoms with E-state index in [0.717, 1.165) is 5.06 Å². The second-order valence-electron chi connectivity index (χ2n) is 1.90. The van der Waals surface area contributed by atoms with Gasteiger partial charge in [-0.3, -0.25) is 0 Å². The van der Waals surface area contributed by atoms with Gasteiger partial charge in [0.1, 0.15) is 0 Å². The highest BCUT2D eigenvalue weighted by molar-refractivity contribution is 7.12. The third kappa shape index (κ3) is 1.61. The van der Waals surface area contributed by atoms with E-state index in [-0.39, 0.29) is 0 Å².